The topological polar surface area (TPSA) is 104 Å². The number of halogens is 1. The van der Waals surface area contributed by atoms with Crippen molar-refractivity contribution in [2.45, 2.75) is 0 Å². The number of hydrogen-bond acceptors (Lipinski definition) is 4. The molecule has 4 aromatic rings. The van der Waals surface area contributed by atoms with Crippen LogP contribution < -0.4 is 11.1 Å². The van der Waals surface area contributed by atoms with Crippen molar-refractivity contribution < 1.29 is 9.90 Å². The first-order valence-electron chi connectivity index (χ1n) is 9.40. The van der Waals surface area contributed by atoms with E-state index in [1.807, 2.05) is 42.6 Å². The molecule has 4 rings (SSSR count). The molecule has 2 aromatic carbocycles. The van der Waals surface area contributed by atoms with Gasteiger partial charge in [0.25, 0.3) is 5.91 Å². The quantitative estimate of drug-likeness (QED) is 0.349. The van der Waals surface area contributed by atoms with E-state index in [4.69, 9.17) is 15.8 Å². The van der Waals surface area contributed by atoms with Crippen molar-refractivity contribution in [3.63, 3.8) is 0 Å². The Kier molecular flexibility index (Phi) is 5.81. The lowest BCUT2D eigenvalue weighted by Gasteiger charge is -2.10. The molecule has 0 bridgehead atoms. The molecule has 0 fully saturated rings. The molecule has 0 radical (unpaired) electrons. The summed E-state index contributed by atoms with van der Waals surface area (Å²) in [6.45, 7) is 0.503. The Morgan fingerprint density at radius 2 is 2.07 bits per heavy atom. The Bertz CT molecular complexity index is 1320. The third-order valence-corrected chi connectivity index (χ3v) is 5.21. The van der Waals surface area contributed by atoms with Crippen LogP contribution in [0.3, 0.4) is 0 Å². The number of H-pyrrole nitrogens is 1. The third kappa shape index (κ3) is 3.94. The van der Waals surface area contributed by atoms with Crippen molar-refractivity contribution in [3.8, 4) is 23.1 Å². The molecule has 30 heavy (non-hydrogen) atoms. The van der Waals surface area contributed by atoms with Crippen molar-refractivity contribution in [1.29, 1.82) is 0 Å². The molecule has 2 heterocycles. The van der Waals surface area contributed by atoms with Crippen LogP contribution in [0.15, 0.2) is 53.1 Å². The first-order chi connectivity index (χ1) is 14.6. The van der Waals surface area contributed by atoms with Crippen LogP contribution in [0, 0.1) is 11.8 Å². The molecular weight excluding hydrogens is 444 g/mol. The molecule has 0 saturated carbocycles. The highest BCUT2D eigenvalue weighted by Gasteiger charge is 2.16. The predicted molar refractivity (Wildman–Crippen MR) is 122 cm³/mol. The lowest BCUT2D eigenvalue weighted by atomic mass is 10.0. The molecule has 0 aliphatic carbocycles. The van der Waals surface area contributed by atoms with Crippen LogP contribution in [0.1, 0.15) is 15.9 Å². The van der Waals surface area contributed by atoms with Crippen LogP contribution in [-0.2, 0) is 0 Å². The highest BCUT2D eigenvalue weighted by molar-refractivity contribution is 9.10. The minimum Gasteiger partial charge on any atom is -0.384 e. The highest BCUT2D eigenvalue weighted by atomic mass is 79.9. The van der Waals surface area contributed by atoms with Gasteiger partial charge in [0.05, 0.1) is 16.8 Å². The fraction of sp³-hybridized carbons (Fsp3) is 0.130. The zero-order chi connectivity index (χ0) is 21.1. The van der Waals surface area contributed by atoms with Gasteiger partial charge in [-0.25, -0.2) is 4.98 Å². The molecule has 5 N–H and O–H groups in total. The fourth-order valence-electron chi connectivity index (χ4n) is 3.36. The molecule has 0 aliphatic rings. The minimum absolute atomic E-state index is 0.220. The number of benzene rings is 2. The number of carbonyl (C=O) groups excluding carboxylic acids is 1. The van der Waals surface area contributed by atoms with E-state index >= 15 is 0 Å². The van der Waals surface area contributed by atoms with Crippen LogP contribution in [0.5, 0.6) is 0 Å². The second-order valence-corrected chi connectivity index (χ2v) is 7.60. The summed E-state index contributed by atoms with van der Waals surface area (Å²) in [5, 5.41) is 13.5. The maximum atomic E-state index is 12.9. The summed E-state index contributed by atoms with van der Waals surface area (Å²) in [5.41, 5.74) is 10.0. The number of fused-ring (bicyclic) bond motifs is 2. The lowest BCUT2D eigenvalue weighted by Crippen LogP contribution is -2.29. The van der Waals surface area contributed by atoms with Crippen molar-refractivity contribution in [2.24, 2.45) is 5.73 Å². The van der Waals surface area contributed by atoms with E-state index in [9.17, 15) is 4.79 Å². The number of pyridine rings is 1. The molecule has 2 aromatic heterocycles. The number of hydrogen-bond donors (Lipinski definition) is 4. The minimum atomic E-state index is -0.227. The average molecular weight is 463 g/mol. The molecular formula is C23H19BrN4O2. The van der Waals surface area contributed by atoms with Crippen molar-refractivity contribution >= 4 is 43.6 Å². The Balaban J connectivity index is 1.92. The van der Waals surface area contributed by atoms with Gasteiger partial charge in [0, 0.05) is 51.2 Å². The summed E-state index contributed by atoms with van der Waals surface area (Å²) in [7, 11) is 0. The van der Waals surface area contributed by atoms with Gasteiger partial charge in [-0.3, -0.25) is 4.79 Å². The normalized spacial score (nSPS) is 10.8. The first kappa shape index (κ1) is 20.1. The van der Waals surface area contributed by atoms with Crippen LogP contribution in [-0.4, -0.2) is 40.7 Å². The second kappa shape index (κ2) is 8.67. The van der Waals surface area contributed by atoms with Gasteiger partial charge >= 0.3 is 0 Å². The van der Waals surface area contributed by atoms with E-state index < -0.39 is 0 Å². The van der Waals surface area contributed by atoms with E-state index in [0.717, 1.165) is 20.9 Å². The van der Waals surface area contributed by atoms with Gasteiger partial charge in [-0.15, -0.1) is 0 Å². The van der Waals surface area contributed by atoms with E-state index in [0.29, 0.717) is 40.8 Å². The number of aromatic amines is 1. The standard InChI is InChI=1S/C23H19BrN4O2/c24-15-4-6-20-17(11-15)19(13-27-20)22-12-18(23(30)26-8-7-25)16-10-14(2-1-9-29)3-5-21(16)28-22/h3-6,10-13,27,29H,7-9,25H2,(H,26,30). The fourth-order valence-corrected chi connectivity index (χ4v) is 3.72. The van der Waals surface area contributed by atoms with Gasteiger partial charge < -0.3 is 21.1 Å². The lowest BCUT2D eigenvalue weighted by molar-refractivity contribution is 0.0956. The van der Waals surface area contributed by atoms with Crippen LogP contribution in [0.4, 0.5) is 0 Å². The summed E-state index contributed by atoms with van der Waals surface area (Å²) in [5.74, 6) is 5.29. The Morgan fingerprint density at radius 1 is 1.20 bits per heavy atom. The predicted octanol–water partition coefficient (Wildman–Crippen LogP) is 3.18. The molecule has 7 heteroatoms. The number of aliphatic hydroxyl groups excluding tert-OH is 1. The van der Waals surface area contributed by atoms with Gasteiger partial charge in [0.15, 0.2) is 0 Å². The van der Waals surface area contributed by atoms with E-state index in [-0.39, 0.29) is 12.5 Å². The van der Waals surface area contributed by atoms with Gasteiger partial charge in [0.1, 0.15) is 6.61 Å². The second-order valence-electron chi connectivity index (χ2n) is 6.68. The summed E-state index contributed by atoms with van der Waals surface area (Å²) >= 11 is 3.52. The number of carbonyl (C=O) groups is 1. The SMILES string of the molecule is NCCNC(=O)c1cc(-c2c[nH]c3ccc(Br)cc23)nc2ccc(C#CCO)cc12. The van der Waals surface area contributed by atoms with Crippen LogP contribution >= 0.6 is 15.9 Å². The number of aliphatic hydroxyl groups is 1. The first-order valence-corrected chi connectivity index (χ1v) is 10.2. The van der Waals surface area contributed by atoms with Gasteiger partial charge in [0.2, 0.25) is 0 Å². The van der Waals surface area contributed by atoms with E-state index in [2.05, 4.69) is 38.1 Å². The maximum absolute atomic E-state index is 12.9. The van der Waals surface area contributed by atoms with Crippen LogP contribution in [0.25, 0.3) is 33.1 Å². The zero-order valence-corrected chi connectivity index (χ0v) is 17.6. The average Bonchev–Trinajstić information content (AvgIpc) is 3.18. The monoisotopic (exact) mass is 462 g/mol. The molecule has 0 atom stereocenters. The Hall–Kier alpha value is -3.18. The number of amides is 1. The van der Waals surface area contributed by atoms with Gasteiger partial charge in [-0.1, -0.05) is 27.8 Å². The molecule has 150 valence electrons. The smallest absolute Gasteiger partial charge is 0.252 e. The summed E-state index contributed by atoms with van der Waals surface area (Å²) in [4.78, 5) is 21.0. The molecule has 0 unspecified atom stereocenters. The molecule has 1 amide bonds. The number of rotatable bonds is 4. The number of nitrogens with one attached hydrogen (secondary N) is 2. The number of nitrogens with zero attached hydrogens (tertiary/aromatic N) is 1. The third-order valence-electron chi connectivity index (χ3n) is 4.71. The maximum Gasteiger partial charge on any atom is 0.252 e. The van der Waals surface area contributed by atoms with E-state index in [1.165, 1.54) is 0 Å². The van der Waals surface area contributed by atoms with Crippen molar-refractivity contribution in [2.75, 3.05) is 19.7 Å². The molecule has 0 aliphatic heterocycles. The van der Waals surface area contributed by atoms with Crippen molar-refractivity contribution in [3.05, 3.63) is 64.3 Å². The zero-order valence-electron chi connectivity index (χ0n) is 16.0. The van der Waals surface area contributed by atoms with Gasteiger partial charge in [-0.05, 0) is 42.5 Å². The summed E-state index contributed by atoms with van der Waals surface area (Å²) in [6, 6.07) is 13.3. The number of nitrogens with two attached hydrogens (primary N) is 1. The molecule has 0 saturated heterocycles. The molecule has 0 spiro atoms. The van der Waals surface area contributed by atoms with E-state index in [1.54, 1.807) is 6.07 Å². The van der Waals surface area contributed by atoms with Crippen molar-refractivity contribution in [1.82, 2.24) is 15.3 Å². The largest absolute Gasteiger partial charge is 0.384 e. The van der Waals surface area contributed by atoms with Gasteiger partial charge in [-0.2, -0.15) is 0 Å². The summed E-state index contributed by atoms with van der Waals surface area (Å²) in [6.07, 6.45) is 1.90. The summed E-state index contributed by atoms with van der Waals surface area (Å²) < 4.78 is 0.963. The Morgan fingerprint density at radius 3 is 2.87 bits per heavy atom. The molecule has 6 nitrogen and oxygen atoms in total. The number of aromatic nitrogens is 2. The Labute approximate surface area is 181 Å². The van der Waals surface area contributed by atoms with Crippen LogP contribution in [0.2, 0.25) is 0 Å². The highest BCUT2D eigenvalue weighted by Crippen LogP contribution is 2.32.